The Morgan fingerprint density at radius 1 is 1.46 bits per heavy atom. The molecule has 0 bridgehead atoms. The van der Waals surface area contributed by atoms with E-state index in [9.17, 15) is 0 Å². The van der Waals surface area contributed by atoms with Crippen molar-refractivity contribution in [3.8, 4) is 6.19 Å². The van der Waals surface area contributed by atoms with Crippen LogP contribution >= 0.6 is 0 Å². The van der Waals surface area contributed by atoms with Gasteiger partial charge < -0.3 is 19.6 Å². The molecule has 13 heavy (non-hydrogen) atoms. The lowest BCUT2D eigenvalue weighted by Crippen LogP contribution is -2.37. The van der Waals surface area contributed by atoms with Gasteiger partial charge in [0.1, 0.15) is 6.54 Å². The monoisotopic (exact) mass is 184 g/mol. The second kappa shape index (κ2) is 8.88. The van der Waals surface area contributed by atoms with Gasteiger partial charge in [-0.2, -0.15) is 5.26 Å². The topological polar surface area (TPSA) is 67.7 Å². The Morgan fingerprint density at radius 3 is 2.08 bits per heavy atom. The zero-order chi connectivity index (χ0) is 10.7. The van der Waals surface area contributed by atoms with Crippen LogP contribution in [-0.2, 0) is 4.74 Å². The first-order valence-electron chi connectivity index (χ1n) is 3.75. The summed E-state index contributed by atoms with van der Waals surface area (Å²) in [7, 11) is 8.19. The molecule has 5 nitrogen and oxygen atoms in total. The predicted octanol–water partition coefficient (Wildman–Crippen LogP) is 0.550. The summed E-state index contributed by atoms with van der Waals surface area (Å²) in [5.41, 5.74) is 0. The second-order valence-corrected chi connectivity index (χ2v) is 3.32. The molecule has 5 heteroatoms. The van der Waals surface area contributed by atoms with E-state index in [0.717, 1.165) is 17.6 Å². The molecule has 0 radical (unpaired) electrons. The van der Waals surface area contributed by atoms with Gasteiger partial charge in [0.25, 0.3) is 0 Å². The van der Waals surface area contributed by atoms with Gasteiger partial charge in [0.05, 0.1) is 33.9 Å². The molecule has 0 aromatic carbocycles. The van der Waals surface area contributed by atoms with Crippen LogP contribution in [0.15, 0.2) is 4.99 Å². The van der Waals surface area contributed by atoms with E-state index in [-0.39, 0.29) is 0 Å². The first-order chi connectivity index (χ1) is 5.97. The lowest BCUT2D eigenvalue weighted by atomic mass is 10.5. The molecule has 74 valence electrons. The minimum atomic E-state index is 0.851. The molecule has 0 unspecified atom stereocenters. The Kier molecular flexibility index (Phi) is 9.79. The molecule has 0 atom stereocenters. The van der Waals surface area contributed by atoms with Crippen LogP contribution in [0.1, 0.15) is 0 Å². The maximum atomic E-state index is 7.43. The Labute approximate surface area is 79.4 Å². The van der Waals surface area contributed by atoms with Gasteiger partial charge in [0.15, 0.2) is 0 Å². The van der Waals surface area contributed by atoms with Gasteiger partial charge in [-0.05, 0) is 0 Å². The van der Waals surface area contributed by atoms with Crippen molar-refractivity contribution >= 4 is 6.01 Å². The summed E-state index contributed by atoms with van der Waals surface area (Å²) >= 11 is 0. The number of hydrogen-bond acceptors (Lipinski definition) is 3. The minimum absolute atomic E-state index is 0.851. The highest BCUT2D eigenvalue weighted by Crippen LogP contribution is 1.87. The van der Waals surface area contributed by atoms with Crippen LogP contribution in [0.25, 0.3) is 5.41 Å². The Bertz CT molecular complexity index is 195. The number of rotatable bonds is 3. The zero-order valence-corrected chi connectivity index (χ0v) is 8.61. The average molecular weight is 184 g/mol. The van der Waals surface area contributed by atoms with Crippen molar-refractivity contribution in [2.24, 2.45) is 4.99 Å². The quantitative estimate of drug-likeness (QED) is 0.365. The summed E-state index contributed by atoms with van der Waals surface area (Å²) in [5, 5.41) is 14.9. The fourth-order valence-corrected chi connectivity index (χ4v) is 0.388. The van der Waals surface area contributed by atoms with E-state index in [1.807, 2.05) is 0 Å². The third kappa shape index (κ3) is 24.9. The standard InChI is InChI=1S/C6H16NO.C2N3/c1-7(2,3)5-6-8-4;3-1-5-2-4/h5-6H2,1-4H3;/q+1;-1. The van der Waals surface area contributed by atoms with Crippen molar-refractivity contribution in [1.29, 1.82) is 5.26 Å². The molecule has 0 aliphatic carbocycles. The summed E-state index contributed by atoms with van der Waals surface area (Å²) in [5.74, 6) is 0. The van der Waals surface area contributed by atoms with Crippen molar-refractivity contribution in [3.05, 3.63) is 5.41 Å². The molecule has 0 aliphatic rings. The number of nitrogens with zero attached hydrogens (tertiary/aromatic N) is 4. The SMILES string of the molecule is COCC[N+](C)(C)C.N#CN=C=[N-]. The Morgan fingerprint density at radius 2 is 2.00 bits per heavy atom. The van der Waals surface area contributed by atoms with Gasteiger partial charge in [-0.15, -0.1) is 6.01 Å². The van der Waals surface area contributed by atoms with Crippen LogP contribution in [0.3, 0.4) is 0 Å². The van der Waals surface area contributed by atoms with Gasteiger partial charge in [-0.1, -0.05) is 0 Å². The molecule has 0 aromatic heterocycles. The van der Waals surface area contributed by atoms with Crippen molar-refractivity contribution in [2.45, 2.75) is 0 Å². The predicted molar refractivity (Wildman–Crippen MR) is 51.2 cm³/mol. The molecule has 0 fully saturated rings. The molecular formula is C8H16N4O. The smallest absolute Gasteiger partial charge is 0.102 e. The van der Waals surface area contributed by atoms with Crippen LogP contribution in [0.5, 0.6) is 0 Å². The number of likely N-dealkylation sites (N-methyl/N-ethyl adjacent to an activating group) is 1. The summed E-state index contributed by atoms with van der Waals surface area (Å²) in [6, 6.07) is 1.28. The number of quaternary nitrogens is 1. The molecule has 0 rings (SSSR count). The second-order valence-electron chi connectivity index (χ2n) is 3.32. The molecule has 0 aromatic rings. The van der Waals surface area contributed by atoms with Crippen molar-refractivity contribution in [3.63, 3.8) is 0 Å². The van der Waals surface area contributed by atoms with E-state index in [0.29, 0.717) is 0 Å². The highest BCUT2D eigenvalue weighted by Gasteiger charge is 2.03. The van der Waals surface area contributed by atoms with Crippen LogP contribution in [-0.4, -0.2) is 51.9 Å². The molecule has 0 N–H and O–H groups in total. The summed E-state index contributed by atoms with van der Waals surface area (Å²) in [4.78, 5) is 2.58. The number of hydrogen-bond donors (Lipinski definition) is 0. The minimum Gasteiger partial charge on any atom is -0.422 e. The first kappa shape index (κ1) is 14.3. The van der Waals surface area contributed by atoms with Gasteiger partial charge >= 0.3 is 0 Å². The Balaban J connectivity index is 0. The zero-order valence-electron chi connectivity index (χ0n) is 8.61. The fraction of sp³-hybridized carbons (Fsp3) is 0.750. The molecular weight excluding hydrogens is 168 g/mol. The number of methoxy groups -OCH3 is 1. The fourth-order valence-electron chi connectivity index (χ4n) is 0.388. The number of ether oxygens (including phenoxy) is 1. The molecule has 0 saturated carbocycles. The van der Waals surface area contributed by atoms with Gasteiger partial charge in [0.2, 0.25) is 0 Å². The lowest BCUT2D eigenvalue weighted by Gasteiger charge is -2.22. The van der Waals surface area contributed by atoms with Crippen molar-refractivity contribution in [1.82, 2.24) is 0 Å². The van der Waals surface area contributed by atoms with Crippen molar-refractivity contribution in [2.75, 3.05) is 41.4 Å². The first-order valence-corrected chi connectivity index (χ1v) is 3.75. The van der Waals surface area contributed by atoms with Crippen LogP contribution in [0.2, 0.25) is 0 Å². The van der Waals surface area contributed by atoms with Gasteiger partial charge in [0, 0.05) is 7.11 Å². The van der Waals surface area contributed by atoms with Crippen LogP contribution in [0.4, 0.5) is 0 Å². The van der Waals surface area contributed by atoms with E-state index in [1.165, 1.54) is 12.2 Å². The molecule has 0 saturated heterocycles. The van der Waals surface area contributed by atoms with E-state index in [2.05, 4.69) is 26.1 Å². The molecule has 0 spiro atoms. The van der Waals surface area contributed by atoms with Crippen LogP contribution in [0, 0.1) is 11.5 Å². The van der Waals surface area contributed by atoms with E-state index < -0.39 is 0 Å². The van der Waals surface area contributed by atoms with Gasteiger partial charge in [-0.3, -0.25) is 0 Å². The highest BCUT2D eigenvalue weighted by atomic mass is 16.5. The lowest BCUT2D eigenvalue weighted by molar-refractivity contribution is -0.870. The van der Waals surface area contributed by atoms with Crippen LogP contribution < -0.4 is 0 Å². The number of aliphatic imine (C=N–C) groups is 1. The summed E-state index contributed by atoms with van der Waals surface area (Å²) < 4.78 is 5.88. The van der Waals surface area contributed by atoms with Gasteiger partial charge in [-0.25, -0.2) is 0 Å². The third-order valence-electron chi connectivity index (χ3n) is 1.07. The maximum absolute atomic E-state index is 7.43. The van der Waals surface area contributed by atoms with Crippen molar-refractivity contribution < 1.29 is 9.22 Å². The highest BCUT2D eigenvalue weighted by molar-refractivity contribution is 5.46. The molecule has 0 heterocycles. The third-order valence-corrected chi connectivity index (χ3v) is 1.07. The molecule has 0 amide bonds. The maximum Gasteiger partial charge on any atom is 0.102 e. The van der Waals surface area contributed by atoms with E-state index >= 15 is 0 Å². The Hall–Kier alpha value is -1.21. The van der Waals surface area contributed by atoms with E-state index in [4.69, 9.17) is 15.4 Å². The number of nitriles is 1. The molecule has 0 aliphatic heterocycles. The van der Waals surface area contributed by atoms with E-state index in [1.54, 1.807) is 7.11 Å². The largest absolute Gasteiger partial charge is 0.422 e. The summed E-state index contributed by atoms with van der Waals surface area (Å²) in [6.45, 7) is 1.93. The normalized spacial score (nSPS) is 8.85. The average Bonchev–Trinajstić information content (AvgIpc) is 2.02. The summed E-state index contributed by atoms with van der Waals surface area (Å²) in [6.07, 6.45) is 1.28.